The Kier molecular flexibility index (Phi) is 3.73. The van der Waals surface area contributed by atoms with Crippen molar-refractivity contribution in [3.8, 4) is 5.75 Å². The number of hydrogen-bond acceptors (Lipinski definition) is 3. The molecular weight excluding hydrogens is 212 g/mol. The first kappa shape index (κ1) is 11.6. The largest absolute Gasteiger partial charge is 0.490 e. The van der Waals surface area contributed by atoms with Gasteiger partial charge in [0.15, 0.2) is 0 Å². The van der Waals surface area contributed by atoms with Crippen molar-refractivity contribution in [3.63, 3.8) is 0 Å². The van der Waals surface area contributed by atoms with E-state index in [4.69, 9.17) is 10.5 Å². The number of aromatic nitrogens is 1. The maximum absolute atomic E-state index is 6.05. The monoisotopic (exact) mass is 228 g/mol. The lowest BCUT2D eigenvalue weighted by Gasteiger charge is -2.14. The summed E-state index contributed by atoms with van der Waals surface area (Å²) in [6.07, 6.45) is 3.46. The molecule has 88 valence electrons. The second-order valence-corrected chi connectivity index (χ2v) is 3.97. The van der Waals surface area contributed by atoms with Crippen LogP contribution in [0.1, 0.15) is 17.2 Å². The summed E-state index contributed by atoms with van der Waals surface area (Å²) in [6, 6.07) is 11.7. The van der Waals surface area contributed by atoms with E-state index in [9.17, 15) is 0 Å². The molecule has 0 radical (unpaired) electrons. The van der Waals surface area contributed by atoms with Crippen molar-refractivity contribution >= 4 is 0 Å². The number of rotatable bonds is 4. The minimum Gasteiger partial charge on any atom is -0.490 e. The molecule has 0 fully saturated rings. The predicted octanol–water partition coefficient (Wildman–Crippen LogP) is 2.47. The van der Waals surface area contributed by atoms with Gasteiger partial charge in [-0.2, -0.15) is 0 Å². The first-order chi connectivity index (χ1) is 8.27. The molecule has 1 aromatic carbocycles. The molecule has 2 rings (SSSR count). The van der Waals surface area contributed by atoms with Crippen molar-refractivity contribution in [2.45, 2.75) is 13.0 Å². The van der Waals surface area contributed by atoms with Gasteiger partial charge in [0.05, 0.1) is 12.2 Å². The molecule has 3 nitrogen and oxygen atoms in total. The van der Waals surface area contributed by atoms with E-state index >= 15 is 0 Å². The summed E-state index contributed by atoms with van der Waals surface area (Å²) in [7, 11) is 0. The number of ether oxygens (including phenoxy) is 1. The minimum atomic E-state index is -0.115. The maximum Gasteiger partial charge on any atom is 0.140 e. The standard InChI is InChI=1S/C14H16N2O/c1-11-7-8-16-9-14(11)17-10-13(15)12-5-3-2-4-6-12/h2-9,13H,10,15H2,1H3. The van der Waals surface area contributed by atoms with Crippen LogP contribution in [0.25, 0.3) is 0 Å². The summed E-state index contributed by atoms with van der Waals surface area (Å²) >= 11 is 0. The van der Waals surface area contributed by atoms with Gasteiger partial charge >= 0.3 is 0 Å². The van der Waals surface area contributed by atoms with Crippen molar-refractivity contribution in [1.29, 1.82) is 0 Å². The molecule has 1 atom stereocenters. The number of nitrogens with two attached hydrogens (primary N) is 1. The summed E-state index contributed by atoms with van der Waals surface area (Å²) in [5, 5.41) is 0. The molecule has 2 aromatic rings. The first-order valence-corrected chi connectivity index (χ1v) is 5.61. The Hall–Kier alpha value is -1.87. The average Bonchev–Trinajstić information content (AvgIpc) is 2.38. The van der Waals surface area contributed by atoms with E-state index in [-0.39, 0.29) is 6.04 Å². The molecule has 0 amide bonds. The summed E-state index contributed by atoms with van der Waals surface area (Å²) in [4.78, 5) is 4.03. The zero-order valence-electron chi connectivity index (χ0n) is 9.84. The van der Waals surface area contributed by atoms with E-state index in [1.54, 1.807) is 12.4 Å². The fraction of sp³-hybridized carbons (Fsp3) is 0.214. The van der Waals surface area contributed by atoms with Crippen molar-refractivity contribution in [2.75, 3.05) is 6.61 Å². The number of benzene rings is 1. The number of hydrogen-bond donors (Lipinski definition) is 1. The van der Waals surface area contributed by atoms with Gasteiger partial charge < -0.3 is 10.5 Å². The van der Waals surface area contributed by atoms with Crippen LogP contribution in [0.3, 0.4) is 0 Å². The van der Waals surface area contributed by atoms with E-state index in [0.717, 1.165) is 16.9 Å². The summed E-state index contributed by atoms with van der Waals surface area (Å²) < 4.78 is 5.67. The molecule has 0 saturated heterocycles. The predicted molar refractivity (Wildman–Crippen MR) is 67.8 cm³/mol. The molecule has 0 aliphatic carbocycles. The summed E-state index contributed by atoms with van der Waals surface area (Å²) in [5.74, 6) is 0.791. The normalized spacial score (nSPS) is 12.1. The Morgan fingerprint density at radius 3 is 2.71 bits per heavy atom. The zero-order valence-corrected chi connectivity index (χ0v) is 9.84. The van der Waals surface area contributed by atoms with Crippen LogP contribution in [0.2, 0.25) is 0 Å². The number of nitrogens with zero attached hydrogens (tertiary/aromatic N) is 1. The molecule has 0 aliphatic heterocycles. The molecule has 0 saturated carbocycles. The Morgan fingerprint density at radius 2 is 2.00 bits per heavy atom. The molecule has 0 bridgehead atoms. The van der Waals surface area contributed by atoms with Gasteiger partial charge in [-0.3, -0.25) is 4.98 Å². The Labute approximate surface area is 101 Å². The fourth-order valence-corrected chi connectivity index (χ4v) is 1.58. The van der Waals surface area contributed by atoms with Crippen LogP contribution in [0.5, 0.6) is 5.75 Å². The quantitative estimate of drug-likeness (QED) is 0.874. The van der Waals surface area contributed by atoms with Gasteiger partial charge in [0.2, 0.25) is 0 Å². The number of aryl methyl sites for hydroxylation is 1. The summed E-state index contributed by atoms with van der Waals surface area (Å²) in [6.45, 7) is 2.45. The van der Waals surface area contributed by atoms with Crippen molar-refractivity contribution in [1.82, 2.24) is 4.98 Å². The zero-order chi connectivity index (χ0) is 12.1. The maximum atomic E-state index is 6.05. The van der Waals surface area contributed by atoms with Gasteiger partial charge in [-0.05, 0) is 24.1 Å². The molecule has 17 heavy (non-hydrogen) atoms. The lowest BCUT2D eigenvalue weighted by molar-refractivity contribution is 0.288. The second kappa shape index (κ2) is 5.46. The van der Waals surface area contributed by atoms with Crippen molar-refractivity contribution in [2.24, 2.45) is 5.73 Å². The topological polar surface area (TPSA) is 48.1 Å². The number of pyridine rings is 1. The average molecular weight is 228 g/mol. The van der Waals surface area contributed by atoms with Crippen molar-refractivity contribution < 1.29 is 4.74 Å². The smallest absolute Gasteiger partial charge is 0.140 e. The van der Waals surface area contributed by atoms with Crippen LogP contribution in [-0.2, 0) is 0 Å². The highest BCUT2D eigenvalue weighted by Crippen LogP contribution is 2.17. The molecular formula is C14H16N2O. The molecule has 3 heteroatoms. The fourth-order valence-electron chi connectivity index (χ4n) is 1.58. The van der Waals surface area contributed by atoms with E-state index < -0.39 is 0 Å². The lowest BCUT2D eigenvalue weighted by atomic mass is 10.1. The highest BCUT2D eigenvalue weighted by Gasteiger charge is 2.07. The lowest BCUT2D eigenvalue weighted by Crippen LogP contribution is -2.19. The van der Waals surface area contributed by atoms with Gasteiger partial charge in [-0.15, -0.1) is 0 Å². The van der Waals surface area contributed by atoms with Gasteiger partial charge in [-0.1, -0.05) is 30.3 Å². The van der Waals surface area contributed by atoms with Gasteiger partial charge in [0, 0.05) is 6.20 Å². The molecule has 0 spiro atoms. The van der Waals surface area contributed by atoms with Crippen LogP contribution in [-0.4, -0.2) is 11.6 Å². The third-order valence-corrected chi connectivity index (χ3v) is 2.64. The molecule has 1 unspecified atom stereocenters. The Morgan fingerprint density at radius 1 is 1.24 bits per heavy atom. The van der Waals surface area contributed by atoms with E-state index in [1.807, 2.05) is 43.3 Å². The van der Waals surface area contributed by atoms with Crippen LogP contribution in [0, 0.1) is 6.92 Å². The molecule has 0 aliphatic rings. The second-order valence-electron chi connectivity index (χ2n) is 3.97. The highest BCUT2D eigenvalue weighted by atomic mass is 16.5. The minimum absolute atomic E-state index is 0.115. The van der Waals surface area contributed by atoms with Crippen LogP contribution in [0.15, 0.2) is 48.8 Å². The van der Waals surface area contributed by atoms with Gasteiger partial charge in [0.1, 0.15) is 12.4 Å². The van der Waals surface area contributed by atoms with Crippen LogP contribution < -0.4 is 10.5 Å². The van der Waals surface area contributed by atoms with Crippen LogP contribution >= 0.6 is 0 Å². The van der Waals surface area contributed by atoms with Gasteiger partial charge in [0.25, 0.3) is 0 Å². The Balaban J connectivity index is 1.97. The highest BCUT2D eigenvalue weighted by molar-refractivity contribution is 5.28. The van der Waals surface area contributed by atoms with E-state index in [1.165, 1.54) is 0 Å². The third kappa shape index (κ3) is 3.04. The molecule has 2 N–H and O–H groups in total. The molecule has 1 aromatic heterocycles. The van der Waals surface area contributed by atoms with E-state index in [0.29, 0.717) is 6.61 Å². The molecule has 1 heterocycles. The third-order valence-electron chi connectivity index (χ3n) is 2.64. The van der Waals surface area contributed by atoms with Crippen molar-refractivity contribution in [3.05, 3.63) is 59.9 Å². The SMILES string of the molecule is Cc1ccncc1OCC(N)c1ccccc1. The van der Waals surface area contributed by atoms with Gasteiger partial charge in [-0.25, -0.2) is 0 Å². The Bertz CT molecular complexity index is 471. The first-order valence-electron chi connectivity index (χ1n) is 5.61. The van der Waals surface area contributed by atoms with E-state index in [2.05, 4.69) is 4.98 Å². The van der Waals surface area contributed by atoms with Crippen LogP contribution in [0.4, 0.5) is 0 Å². The summed E-state index contributed by atoms with van der Waals surface area (Å²) in [5.41, 5.74) is 8.20.